The van der Waals surface area contributed by atoms with Crippen molar-refractivity contribution in [3.05, 3.63) is 20.7 Å². The predicted octanol–water partition coefficient (Wildman–Crippen LogP) is 2.41. The van der Waals surface area contributed by atoms with Gasteiger partial charge in [-0.05, 0) is 47.6 Å². The van der Waals surface area contributed by atoms with Gasteiger partial charge in [0, 0.05) is 9.99 Å². The third kappa shape index (κ3) is 3.06. The quantitative estimate of drug-likeness (QED) is 0.821. The highest BCUT2D eigenvalue weighted by molar-refractivity contribution is 14.1. The largest absolute Gasteiger partial charge is 0.506 e. The topological polar surface area (TPSA) is 76.2 Å². The number of hydrogen-bond donors (Lipinski definition) is 2. The second kappa shape index (κ2) is 5.18. The molecule has 1 aromatic carbocycles. The van der Waals surface area contributed by atoms with Crippen molar-refractivity contribution in [1.29, 1.82) is 0 Å². The first kappa shape index (κ1) is 12.6. The van der Waals surface area contributed by atoms with Gasteiger partial charge in [0.25, 0.3) is 0 Å². The molecule has 17 heavy (non-hydrogen) atoms. The van der Waals surface area contributed by atoms with Crippen molar-refractivity contribution in [2.75, 3.05) is 0 Å². The minimum atomic E-state index is -0.288. The number of fused-ring (bicyclic) bond motifs is 1. The maximum absolute atomic E-state index is 10.6. The van der Waals surface area contributed by atoms with Crippen molar-refractivity contribution < 1.29 is 9.90 Å². The fraction of sp³-hybridized carbons (Fsp3) is 0.273. The third-order valence-electron chi connectivity index (χ3n) is 2.30. The average Bonchev–Trinajstić information content (AvgIpc) is 2.60. The second-order valence-electron chi connectivity index (χ2n) is 3.70. The lowest BCUT2D eigenvalue weighted by Crippen LogP contribution is -2.10. The SMILES string of the molecule is NC(=O)CCCc1nc2c(O)cc(I)cc2s1. The number of thiazole rings is 1. The van der Waals surface area contributed by atoms with Gasteiger partial charge in [0.05, 0.1) is 9.71 Å². The van der Waals surface area contributed by atoms with E-state index < -0.39 is 0 Å². The van der Waals surface area contributed by atoms with Gasteiger partial charge in [0.1, 0.15) is 11.3 Å². The van der Waals surface area contributed by atoms with Crippen LogP contribution in [0.15, 0.2) is 12.1 Å². The molecule has 0 bridgehead atoms. The highest BCUT2D eigenvalue weighted by atomic mass is 127. The van der Waals surface area contributed by atoms with Crippen molar-refractivity contribution in [3.8, 4) is 5.75 Å². The van der Waals surface area contributed by atoms with Crippen molar-refractivity contribution in [3.63, 3.8) is 0 Å². The molecule has 6 heteroatoms. The number of benzene rings is 1. The van der Waals surface area contributed by atoms with Gasteiger partial charge in [0.2, 0.25) is 5.91 Å². The summed E-state index contributed by atoms with van der Waals surface area (Å²) in [6.07, 6.45) is 1.80. The fourth-order valence-electron chi connectivity index (χ4n) is 1.55. The van der Waals surface area contributed by atoms with E-state index in [0.717, 1.165) is 19.7 Å². The van der Waals surface area contributed by atoms with E-state index in [1.54, 1.807) is 17.4 Å². The molecule has 1 amide bonds. The van der Waals surface area contributed by atoms with Crippen molar-refractivity contribution in [2.45, 2.75) is 19.3 Å². The van der Waals surface area contributed by atoms with Crippen LogP contribution in [0.25, 0.3) is 10.2 Å². The highest BCUT2D eigenvalue weighted by Crippen LogP contribution is 2.31. The molecule has 0 saturated carbocycles. The van der Waals surface area contributed by atoms with Crippen LogP contribution in [0.4, 0.5) is 0 Å². The van der Waals surface area contributed by atoms with E-state index >= 15 is 0 Å². The van der Waals surface area contributed by atoms with Gasteiger partial charge in [0.15, 0.2) is 0 Å². The first-order chi connectivity index (χ1) is 8.06. The summed E-state index contributed by atoms with van der Waals surface area (Å²) in [5.74, 6) is -0.0761. The maximum Gasteiger partial charge on any atom is 0.217 e. The van der Waals surface area contributed by atoms with Gasteiger partial charge in [-0.25, -0.2) is 4.98 Å². The Morgan fingerprint density at radius 3 is 3.00 bits per heavy atom. The van der Waals surface area contributed by atoms with Gasteiger partial charge in [-0.3, -0.25) is 4.79 Å². The van der Waals surface area contributed by atoms with Crippen molar-refractivity contribution in [2.24, 2.45) is 5.73 Å². The van der Waals surface area contributed by atoms with Gasteiger partial charge in [-0.15, -0.1) is 11.3 Å². The predicted molar refractivity (Wildman–Crippen MR) is 76.1 cm³/mol. The summed E-state index contributed by atoms with van der Waals surface area (Å²) in [4.78, 5) is 15.0. The van der Waals surface area contributed by atoms with Crippen LogP contribution < -0.4 is 5.73 Å². The first-order valence-electron chi connectivity index (χ1n) is 5.12. The molecule has 1 heterocycles. The number of halogens is 1. The second-order valence-corrected chi connectivity index (χ2v) is 6.06. The number of aryl methyl sites for hydroxylation is 1. The summed E-state index contributed by atoms with van der Waals surface area (Å²) in [7, 11) is 0. The summed E-state index contributed by atoms with van der Waals surface area (Å²) in [5.41, 5.74) is 5.72. The van der Waals surface area contributed by atoms with E-state index in [9.17, 15) is 9.90 Å². The summed E-state index contributed by atoms with van der Waals surface area (Å²) in [6.45, 7) is 0. The van der Waals surface area contributed by atoms with Crippen LogP contribution in [-0.2, 0) is 11.2 Å². The summed E-state index contributed by atoms with van der Waals surface area (Å²) >= 11 is 3.71. The average molecular weight is 362 g/mol. The highest BCUT2D eigenvalue weighted by Gasteiger charge is 2.09. The molecule has 0 spiro atoms. The Balaban J connectivity index is 2.20. The Morgan fingerprint density at radius 1 is 1.53 bits per heavy atom. The lowest BCUT2D eigenvalue weighted by Gasteiger charge is -1.94. The van der Waals surface area contributed by atoms with Crippen LogP contribution >= 0.6 is 33.9 Å². The van der Waals surface area contributed by atoms with E-state index in [0.29, 0.717) is 18.4 Å². The molecular weight excluding hydrogens is 351 g/mol. The number of hydrogen-bond acceptors (Lipinski definition) is 4. The lowest BCUT2D eigenvalue weighted by atomic mass is 10.2. The Morgan fingerprint density at radius 2 is 2.29 bits per heavy atom. The zero-order valence-corrected chi connectivity index (χ0v) is 11.9. The van der Waals surface area contributed by atoms with Crippen LogP contribution in [-0.4, -0.2) is 16.0 Å². The lowest BCUT2D eigenvalue weighted by molar-refractivity contribution is -0.118. The molecule has 0 aliphatic carbocycles. The summed E-state index contributed by atoms with van der Waals surface area (Å²) in [5, 5.41) is 10.7. The smallest absolute Gasteiger partial charge is 0.217 e. The molecule has 0 unspecified atom stereocenters. The minimum Gasteiger partial charge on any atom is -0.506 e. The van der Waals surface area contributed by atoms with Crippen LogP contribution in [0.5, 0.6) is 5.75 Å². The first-order valence-corrected chi connectivity index (χ1v) is 7.02. The van der Waals surface area contributed by atoms with Crippen LogP contribution in [0.3, 0.4) is 0 Å². The van der Waals surface area contributed by atoms with Gasteiger partial charge in [-0.1, -0.05) is 0 Å². The number of aromatic hydroxyl groups is 1. The number of nitrogens with zero attached hydrogens (tertiary/aromatic N) is 1. The standard InChI is InChI=1S/C11H11IN2O2S/c12-6-4-7(15)11-8(5-6)17-10(14-11)3-1-2-9(13)16/h4-5,15H,1-3H2,(H2,13,16). The number of phenolic OH excluding ortho intramolecular Hbond substituents is 1. The molecule has 0 radical (unpaired) electrons. The molecule has 0 aliphatic heterocycles. The monoisotopic (exact) mass is 362 g/mol. The van der Waals surface area contributed by atoms with E-state index in [4.69, 9.17) is 5.73 Å². The zero-order chi connectivity index (χ0) is 12.4. The number of rotatable bonds is 4. The van der Waals surface area contributed by atoms with Crippen LogP contribution in [0, 0.1) is 3.57 Å². The Kier molecular flexibility index (Phi) is 3.82. The molecular formula is C11H11IN2O2S. The molecule has 2 rings (SSSR count). The maximum atomic E-state index is 10.6. The number of nitrogens with two attached hydrogens (primary N) is 1. The molecule has 2 aromatic rings. The molecule has 0 aliphatic rings. The minimum absolute atomic E-state index is 0.212. The van der Waals surface area contributed by atoms with Crippen molar-refractivity contribution >= 4 is 50.1 Å². The van der Waals surface area contributed by atoms with Crippen molar-refractivity contribution in [1.82, 2.24) is 4.98 Å². The molecule has 0 atom stereocenters. The number of phenols is 1. The fourth-order valence-corrected chi connectivity index (χ4v) is 3.43. The number of carbonyl (C=O) groups excluding carboxylic acids is 1. The van der Waals surface area contributed by atoms with E-state index in [2.05, 4.69) is 27.6 Å². The van der Waals surface area contributed by atoms with Crippen LogP contribution in [0.1, 0.15) is 17.8 Å². The Hall–Kier alpha value is -0.890. The van der Waals surface area contributed by atoms with E-state index in [1.165, 1.54) is 0 Å². The third-order valence-corrected chi connectivity index (χ3v) is 3.98. The van der Waals surface area contributed by atoms with Crippen LogP contribution in [0.2, 0.25) is 0 Å². The van der Waals surface area contributed by atoms with E-state index in [1.807, 2.05) is 6.07 Å². The van der Waals surface area contributed by atoms with E-state index in [-0.39, 0.29) is 11.7 Å². The normalized spacial score (nSPS) is 10.9. The Labute approximate surface area is 116 Å². The number of amides is 1. The molecule has 90 valence electrons. The number of primary amides is 1. The zero-order valence-electron chi connectivity index (χ0n) is 8.94. The molecule has 4 nitrogen and oxygen atoms in total. The molecule has 0 saturated heterocycles. The van der Waals surface area contributed by atoms with Gasteiger partial charge < -0.3 is 10.8 Å². The summed E-state index contributed by atoms with van der Waals surface area (Å²) in [6, 6.07) is 3.68. The van der Waals surface area contributed by atoms with Gasteiger partial charge >= 0.3 is 0 Å². The number of aromatic nitrogens is 1. The molecule has 0 fully saturated rings. The number of carbonyl (C=O) groups is 1. The molecule has 3 N–H and O–H groups in total. The summed E-state index contributed by atoms with van der Waals surface area (Å²) < 4.78 is 1.96. The Bertz CT molecular complexity index is 568. The molecule has 1 aromatic heterocycles. The van der Waals surface area contributed by atoms with Gasteiger partial charge in [-0.2, -0.15) is 0 Å².